The minimum atomic E-state index is -0.561. The molecule has 0 aliphatic rings. The lowest BCUT2D eigenvalue weighted by atomic mass is 10.0. The van der Waals surface area contributed by atoms with Gasteiger partial charge in [0.25, 0.3) is 5.91 Å². The number of esters is 1. The summed E-state index contributed by atoms with van der Waals surface area (Å²) in [7, 11) is 0. The highest BCUT2D eigenvalue weighted by Gasteiger charge is 2.26. The summed E-state index contributed by atoms with van der Waals surface area (Å²) < 4.78 is 26.5. The number of rotatable bonds is 6. The predicted octanol–water partition coefficient (Wildman–Crippen LogP) is 6.18. The molecule has 0 fully saturated rings. The van der Waals surface area contributed by atoms with Crippen LogP contribution in [0.2, 0.25) is 0 Å². The van der Waals surface area contributed by atoms with Gasteiger partial charge in [0.05, 0.1) is 22.4 Å². The van der Waals surface area contributed by atoms with Gasteiger partial charge in [-0.15, -0.1) is 11.3 Å². The number of thiophene rings is 1. The Labute approximate surface area is 203 Å². The molecule has 0 atom stereocenters. The van der Waals surface area contributed by atoms with Crippen LogP contribution in [0.4, 0.5) is 10.1 Å². The quantitative estimate of drug-likeness (QED) is 0.289. The summed E-state index contributed by atoms with van der Waals surface area (Å²) in [6, 6.07) is 19.8. The molecule has 3 aromatic heterocycles. The van der Waals surface area contributed by atoms with Gasteiger partial charge in [0, 0.05) is 12.6 Å². The van der Waals surface area contributed by atoms with E-state index >= 15 is 0 Å². The molecule has 0 saturated heterocycles. The van der Waals surface area contributed by atoms with Gasteiger partial charge in [-0.25, -0.2) is 4.39 Å². The number of nitrogens with zero attached hydrogens (tertiary/aromatic N) is 2. The van der Waals surface area contributed by atoms with Gasteiger partial charge in [-0.2, -0.15) is 9.78 Å². The Morgan fingerprint density at radius 2 is 1.89 bits per heavy atom. The van der Waals surface area contributed by atoms with Crippen molar-refractivity contribution in [3.05, 3.63) is 95.1 Å². The lowest BCUT2D eigenvalue weighted by Gasteiger charge is -2.10. The number of amides is 1. The first-order chi connectivity index (χ1) is 17.0. The second-order valence-electron chi connectivity index (χ2n) is 7.50. The molecule has 0 aliphatic heterocycles. The molecule has 1 N–H and O–H groups in total. The van der Waals surface area contributed by atoms with Crippen molar-refractivity contribution in [1.82, 2.24) is 9.78 Å². The average Bonchev–Trinajstić information content (AvgIpc) is 3.60. The standard InChI is InChI=1S/C26H18FN3O4S/c1-16(31)34-26-23(17-9-11-19(12-10-17)28-25(32)22-8-4-14-35-22)24(21-7-3-13-33-21)29-30(26)20-6-2-5-18(27)15-20/h2-15H,1H3,(H,28,32). The zero-order valence-electron chi connectivity index (χ0n) is 18.4. The third-order valence-corrected chi connectivity index (χ3v) is 5.94. The topological polar surface area (TPSA) is 86.4 Å². The predicted molar refractivity (Wildman–Crippen MR) is 130 cm³/mol. The smallest absolute Gasteiger partial charge is 0.309 e. The molecule has 0 radical (unpaired) electrons. The minimum Gasteiger partial charge on any atom is -0.463 e. The molecular weight excluding hydrogens is 469 g/mol. The van der Waals surface area contributed by atoms with E-state index in [1.165, 1.54) is 41.3 Å². The second-order valence-corrected chi connectivity index (χ2v) is 8.45. The fourth-order valence-electron chi connectivity index (χ4n) is 3.58. The first kappa shape index (κ1) is 22.3. The molecule has 2 aromatic carbocycles. The Morgan fingerprint density at radius 3 is 2.54 bits per heavy atom. The molecule has 0 spiro atoms. The Hall–Kier alpha value is -4.50. The molecule has 0 saturated carbocycles. The number of aromatic nitrogens is 2. The SMILES string of the molecule is CC(=O)Oc1c(-c2ccc(NC(=O)c3cccs3)cc2)c(-c2ccco2)nn1-c1cccc(F)c1. The maximum atomic E-state index is 14.0. The van der Waals surface area contributed by atoms with Gasteiger partial charge in [-0.3, -0.25) is 9.59 Å². The zero-order valence-corrected chi connectivity index (χ0v) is 19.2. The molecule has 174 valence electrons. The highest BCUT2D eigenvalue weighted by atomic mass is 32.1. The molecule has 35 heavy (non-hydrogen) atoms. The molecule has 5 aromatic rings. The van der Waals surface area contributed by atoms with Crippen LogP contribution in [0.25, 0.3) is 28.3 Å². The number of carbonyl (C=O) groups is 2. The summed E-state index contributed by atoms with van der Waals surface area (Å²) in [5, 5.41) is 9.30. The molecule has 0 unspecified atom stereocenters. The minimum absolute atomic E-state index is 0.116. The van der Waals surface area contributed by atoms with Crippen molar-refractivity contribution >= 4 is 28.9 Å². The Bertz CT molecular complexity index is 1490. The number of halogens is 1. The van der Waals surface area contributed by atoms with Gasteiger partial charge in [0.1, 0.15) is 11.5 Å². The maximum Gasteiger partial charge on any atom is 0.309 e. The van der Waals surface area contributed by atoms with E-state index in [4.69, 9.17) is 9.15 Å². The summed E-state index contributed by atoms with van der Waals surface area (Å²) in [6.07, 6.45) is 1.51. The lowest BCUT2D eigenvalue weighted by molar-refractivity contribution is -0.132. The van der Waals surface area contributed by atoms with E-state index in [-0.39, 0.29) is 11.8 Å². The third kappa shape index (κ3) is 4.62. The van der Waals surface area contributed by atoms with Gasteiger partial charge in [0.2, 0.25) is 5.88 Å². The summed E-state index contributed by atoms with van der Waals surface area (Å²) in [4.78, 5) is 25.0. The van der Waals surface area contributed by atoms with Gasteiger partial charge < -0.3 is 14.5 Å². The Kier molecular flexibility index (Phi) is 5.99. The number of benzene rings is 2. The van der Waals surface area contributed by atoms with Crippen molar-refractivity contribution in [3.63, 3.8) is 0 Å². The molecule has 3 heterocycles. The van der Waals surface area contributed by atoms with Crippen LogP contribution in [0.5, 0.6) is 5.88 Å². The molecule has 7 nitrogen and oxygen atoms in total. The molecule has 0 aliphatic carbocycles. The van der Waals surface area contributed by atoms with E-state index in [0.29, 0.717) is 38.8 Å². The third-order valence-electron chi connectivity index (χ3n) is 5.07. The van der Waals surface area contributed by atoms with Crippen molar-refractivity contribution in [2.75, 3.05) is 5.32 Å². The van der Waals surface area contributed by atoms with Gasteiger partial charge in [-0.1, -0.05) is 24.3 Å². The summed E-state index contributed by atoms with van der Waals surface area (Å²) >= 11 is 1.35. The number of hydrogen-bond acceptors (Lipinski definition) is 6. The van der Waals surface area contributed by atoms with Crippen molar-refractivity contribution in [2.24, 2.45) is 0 Å². The van der Waals surface area contributed by atoms with Crippen LogP contribution in [0.3, 0.4) is 0 Å². The van der Waals surface area contributed by atoms with E-state index < -0.39 is 11.8 Å². The molecule has 5 rings (SSSR count). The number of carbonyl (C=O) groups excluding carboxylic acids is 2. The summed E-state index contributed by atoms with van der Waals surface area (Å²) in [6.45, 7) is 1.28. The molecule has 1 amide bonds. The lowest BCUT2D eigenvalue weighted by Crippen LogP contribution is -2.10. The Morgan fingerprint density at radius 1 is 1.06 bits per heavy atom. The van der Waals surface area contributed by atoms with Crippen LogP contribution in [0, 0.1) is 5.82 Å². The van der Waals surface area contributed by atoms with Crippen molar-refractivity contribution in [2.45, 2.75) is 6.92 Å². The van der Waals surface area contributed by atoms with Crippen LogP contribution >= 0.6 is 11.3 Å². The van der Waals surface area contributed by atoms with E-state index in [0.717, 1.165) is 0 Å². The van der Waals surface area contributed by atoms with Crippen molar-refractivity contribution < 1.29 is 23.1 Å². The number of ether oxygens (including phenoxy) is 1. The average molecular weight is 488 g/mol. The summed E-state index contributed by atoms with van der Waals surface area (Å²) in [5.74, 6) is -0.666. The van der Waals surface area contributed by atoms with Crippen molar-refractivity contribution in [1.29, 1.82) is 0 Å². The van der Waals surface area contributed by atoms with Crippen LogP contribution < -0.4 is 10.1 Å². The highest BCUT2D eigenvalue weighted by molar-refractivity contribution is 7.12. The highest BCUT2D eigenvalue weighted by Crippen LogP contribution is 2.41. The van der Waals surface area contributed by atoms with Gasteiger partial charge >= 0.3 is 5.97 Å². The fraction of sp³-hybridized carbons (Fsp3) is 0.0385. The largest absolute Gasteiger partial charge is 0.463 e. The molecule has 0 bridgehead atoms. The van der Waals surface area contributed by atoms with Gasteiger partial charge in [0.15, 0.2) is 5.76 Å². The van der Waals surface area contributed by atoms with E-state index in [9.17, 15) is 14.0 Å². The number of nitrogens with one attached hydrogen (secondary N) is 1. The van der Waals surface area contributed by atoms with Crippen LogP contribution in [-0.4, -0.2) is 21.7 Å². The summed E-state index contributed by atoms with van der Waals surface area (Å²) in [5.41, 5.74) is 2.52. The zero-order chi connectivity index (χ0) is 24.4. The Balaban J connectivity index is 1.61. The molecule has 9 heteroatoms. The maximum absolute atomic E-state index is 14.0. The van der Waals surface area contributed by atoms with E-state index in [1.54, 1.807) is 54.6 Å². The molecular formula is C26H18FN3O4S. The van der Waals surface area contributed by atoms with Crippen LogP contribution in [0.15, 0.2) is 88.9 Å². The van der Waals surface area contributed by atoms with Gasteiger partial charge in [-0.05, 0) is 59.5 Å². The van der Waals surface area contributed by atoms with E-state index in [2.05, 4.69) is 10.4 Å². The monoisotopic (exact) mass is 487 g/mol. The number of anilines is 1. The second kappa shape index (κ2) is 9.40. The fourth-order valence-corrected chi connectivity index (χ4v) is 4.20. The van der Waals surface area contributed by atoms with Crippen molar-refractivity contribution in [3.8, 4) is 34.1 Å². The number of hydrogen-bond donors (Lipinski definition) is 1. The first-order valence-electron chi connectivity index (χ1n) is 10.6. The number of furan rings is 1. The van der Waals surface area contributed by atoms with Crippen LogP contribution in [0.1, 0.15) is 16.6 Å². The van der Waals surface area contributed by atoms with Crippen LogP contribution in [-0.2, 0) is 4.79 Å². The first-order valence-corrected chi connectivity index (χ1v) is 11.4. The van der Waals surface area contributed by atoms with E-state index in [1.807, 2.05) is 11.4 Å². The normalized spacial score (nSPS) is 10.8.